The third-order valence-corrected chi connectivity index (χ3v) is 4.72. The second-order valence-corrected chi connectivity index (χ2v) is 6.86. The van der Waals surface area contributed by atoms with Gasteiger partial charge in [-0.25, -0.2) is 0 Å². The van der Waals surface area contributed by atoms with Gasteiger partial charge in [0.05, 0.1) is 6.61 Å². The van der Waals surface area contributed by atoms with Gasteiger partial charge in [0.1, 0.15) is 0 Å². The predicted octanol–water partition coefficient (Wildman–Crippen LogP) is 3.76. The fraction of sp³-hybridized carbons (Fsp3) is 0.800. The lowest BCUT2D eigenvalue weighted by Gasteiger charge is -2.25. The summed E-state index contributed by atoms with van der Waals surface area (Å²) in [6, 6.07) is 0.428. The Labute approximate surface area is 131 Å². The highest BCUT2D eigenvalue weighted by molar-refractivity contribution is 7.99. The van der Waals surface area contributed by atoms with Gasteiger partial charge in [-0.3, -0.25) is 0 Å². The number of rotatable bonds is 7. The zero-order valence-corrected chi connectivity index (χ0v) is 14.1. The van der Waals surface area contributed by atoms with Gasteiger partial charge in [-0.15, -0.1) is 0 Å². The highest BCUT2D eigenvalue weighted by Crippen LogP contribution is 2.35. The first-order valence-corrected chi connectivity index (χ1v) is 8.88. The lowest BCUT2D eigenvalue weighted by atomic mass is 9.91. The van der Waals surface area contributed by atoms with E-state index in [0.29, 0.717) is 23.8 Å². The molecule has 2 atom stereocenters. The maximum Gasteiger partial charge on any atom is 0.322 e. The van der Waals surface area contributed by atoms with Crippen molar-refractivity contribution in [3.8, 4) is 6.01 Å². The minimum Gasteiger partial charge on any atom is -0.464 e. The van der Waals surface area contributed by atoms with Crippen LogP contribution in [-0.4, -0.2) is 33.4 Å². The molecule has 1 aromatic rings. The largest absolute Gasteiger partial charge is 0.464 e. The van der Waals surface area contributed by atoms with Crippen molar-refractivity contribution in [3.63, 3.8) is 0 Å². The van der Waals surface area contributed by atoms with E-state index in [0.717, 1.165) is 24.0 Å². The molecule has 0 aliphatic heterocycles. The molecule has 118 valence electrons. The molecule has 1 aliphatic rings. The SMILES string of the molecule is CCCNc1nc(OCC)nc(SC2CCCC(C)C2)n1. The molecule has 1 aliphatic carbocycles. The molecule has 1 aromatic heterocycles. The fourth-order valence-corrected chi connectivity index (χ4v) is 3.81. The summed E-state index contributed by atoms with van der Waals surface area (Å²) in [4.78, 5) is 13.3. The predicted molar refractivity (Wildman–Crippen MR) is 87.1 cm³/mol. The van der Waals surface area contributed by atoms with Gasteiger partial charge in [0, 0.05) is 11.8 Å². The molecule has 0 aromatic carbocycles. The Hall–Kier alpha value is -1.04. The van der Waals surface area contributed by atoms with Gasteiger partial charge in [0.25, 0.3) is 0 Å². The number of thioether (sulfide) groups is 1. The number of aromatic nitrogens is 3. The average Bonchev–Trinajstić information content (AvgIpc) is 2.45. The first-order chi connectivity index (χ1) is 10.2. The minimum absolute atomic E-state index is 0.428. The van der Waals surface area contributed by atoms with Crippen LogP contribution < -0.4 is 10.1 Å². The van der Waals surface area contributed by atoms with Crippen LogP contribution in [-0.2, 0) is 0 Å². The zero-order valence-electron chi connectivity index (χ0n) is 13.3. The van der Waals surface area contributed by atoms with Gasteiger partial charge >= 0.3 is 6.01 Å². The molecule has 0 amide bonds. The molecule has 21 heavy (non-hydrogen) atoms. The van der Waals surface area contributed by atoms with E-state index in [1.165, 1.54) is 25.7 Å². The highest BCUT2D eigenvalue weighted by Gasteiger charge is 2.21. The Morgan fingerprint density at radius 3 is 2.81 bits per heavy atom. The maximum absolute atomic E-state index is 5.46. The Kier molecular flexibility index (Phi) is 6.54. The van der Waals surface area contributed by atoms with E-state index in [4.69, 9.17) is 4.74 Å². The Balaban J connectivity index is 2.06. The number of ether oxygens (including phenoxy) is 1. The standard InChI is InChI=1S/C15H26N4OS/c1-4-9-16-13-17-14(20-5-2)19-15(18-13)21-12-8-6-7-11(3)10-12/h11-12H,4-10H2,1-3H3,(H,16,17,18,19). The summed E-state index contributed by atoms with van der Waals surface area (Å²) in [7, 11) is 0. The maximum atomic E-state index is 5.46. The van der Waals surface area contributed by atoms with Crippen LogP contribution in [0.3, 0.4) is 0 Å². The molecule has 2 rings (SSSR count). The number of anilines is 1. The van der Waals surface area contributed by atoms with E-state index in [1.54, 1.807) is 11.8 Å². The van der Waals surface area contributed by atoms with Crippen molar-refractivity contribution in [2.24, 2.45) is 5.92 Å². The summed E-state index contributed by atoms with van der Waals surface area (Å²) in [6.07, 6.45) is 6.20. The number of nitrogens with zero attached hydrogens (tertiary/aromatic N) is 3. The molecule has 6 heteroatoms. The summed E-state index contributed by atoms with van der Waals surface area (Å²) in [5.74, 6) is 1.43. The summed E-state index contributed by atoms with van der Waals surface area (Å²) >= 11 is 1.77. The van der Waals surface area contributed by atoms with Crippen LogP contribution in [0.1, 0.15) is 52.9 Å². The van der Waals surface area contributed by atoms with E-state index in [2.05, 4.69) is 34.1 Å². The van der Waals surface area contributed by atoms with Crippen molar-refractivity contribution in [1.29, 1.82) is 0 Å². The molecular formula is C15H26N4OS. The third-order valence-electron chi connectivity index (χ3n) is 3.56. The molecular weight excluding hydrogens is 284 g/mol. The topological polar surface area (TPSA) is 59.9 Å². The van der Waals surface area contributed by atoms with Gasteiger partial charge in [-0.1, -0.05) is 38.5 Å². The van der Waals surface area contributed by atoms with Gasteiger partial charge in [0.15, 0.2) is 5.16 Å². The molecule has 1 N–H and O–H groups in total. The fourth-order valence-electron chi connectivity index (χ4n) is 2.53. The summed E-state index contributed by atoms with van der Waals surface area (Å²) in [5, 5.41) is 4.62. The summed E-state index contributed by atoms with van der Waals surface area (Å²) < 4.78 is 5.46. The highest BCUT2D eigenvalue weighted by atomic mass is 32.2. The Morgan fingerprint density at radius 2 is 2.10 bits per heavy atom. The van der Waals surface area contributed by atoms with Crippen molar-refractivity contribution >= 4 is 17.7 Å². The van der Waals surface area contributed by atoms with Crippen LogP contribution in [0.5, 0.6) is 6.01 Å². The van der Waals surface area contributed by atoms with Crippen molar-refractivity contribution in [2.45, 2.75) is 63.3 Å². The van der Waals surface area contributed by atoms with Crippen LogP contribution in [0.4, 0.5) is 5.95 Å². The first-order valence-electron chi connectivity index (χ1n) is 8.00. The van der Waals surface area contributed by atoms with Gasteiger partial charge < -0.3 is 10.1 Å². The van der Waals surface area contributed by atoms with Crippen LogP contribution in [0.25, 0.3) is 0 Å². The average molecular weight is 310 g/mol. The van der Waals surface area contributed by atoms with E-state index < -0.39 is 0 Å². The zero-order chi connectivity index (χ0) is 15.1. The van der Waals surface area contributed by atoms with Crippen LogP contribution in [0.2, 0.25) is 0 Å². The molecule has 2 unspecified atom stereocenters. The van der Waals surface area contributed by atoms with E-state index in [9.17, 15) is 0 Å². The Morgan fingerprint density at radius 1 is 1.24 bits per heavy atom. The number of hydrogen-bond acceptors (Lipinski definition) is 6. The van der Waals surface area contributed by atoms with Gasteiger partial charge in [-0.2, -0.15) is 15.0 Å². The molecule has 5 nitrogen and oxygen atoms in total. The summed E-state index contributed by atoms with van der Waals surface area (Å²) in [5.41, 5.74) is 0. The molecule has 1 heterocycles. The van der Waals surface area contributed by atoms with Crippen molar-refractivity contribution in [3.05, 3.63) is 0 Å². The molecule has 1 saturated carbocycles. The normalized spacial score (nSPS) is 22.0. The molecule has 0 spiro atoms. The lowest BCUT2D eigenvalue weighted by molar-refractivity contribution is 0.308. The Bertz CT molecular complexity index is 444. The van der Waals surface area contributed by atoms with Crippen molar-refractivity contribution < 1.29 is 4.74 Å². The molecule has 0 saturated heterocycles. The summed E-state index contributed by atoms with van der Waals surface area (Å²) in [6.45, 7) is 7.83. The van der Waals surface area contributed by atoms with Gasteiger partial charge in [0.2, 0.25) is 5.95 Å². The van der Waals surface area contributed by atoms with Crippen LogP contribution in [0.15, 0.2) is 5.16 Å². The van der Waals surface area contributed by atoms with E-state index in [-0.39, 0.29) is 0 Å². The quantitative estimate of drug-likeness (QED) is 0.827. The smallest absolute Gasteiger partial charge is 0.322 e. The van der Waals surface area contributed by atoms with Crippen LogP contribution >= 0.6 is 11.8 Å². The van der Waals surface area contributed by atoms with Crippen molar-refractivity contribution in [1.82, 2.24) is 15.0 Å². The van der Waals surface area contributed by atoms with Gasteiger partial charge in [-0.05, 0) is 32.1 Å². The molecule has 0 bridgehead atoms. The first kappa shape index (κ1) is 16.3. The monoisotopic (exact) mass is 310 g/mol. The molecule has 0 radical (unpaired) electrons. The third kappa shape index (κ3) is 5.34. The minimum atomic E-state index is 0.428. The number of nitrogens with one attached hydrogen (secondary N) is 1. The second kappa shape index (κ2) is 8.41. The van der Waals surface area contributed by atoms with E-state index >= 15 is 0 Å². The second-order valence-electron chi connectivity index (χ2n) is 5.60. The lowest BCUT2D eigenvalue weighted by Crippen LogP contribution is -2.16. The number of hydrogen-bond donors (Lipinski definition) is 1. The molecule has 1 fully saturated rings. The van der Waals surface area contributed by atoms with Crippen molar-refractivity contribution in [2.75, 3.05) is 18.5 Å². The van der Waals surface area contributed by atoms with Crippen LogP contribution in [0, 0.1) is 5.92 Å². The van der Waals surface area contributed by atoms with E-state index in [1.807, 2.05) is 6.92 Å².